The van der Waals surface area contributed by atoms with Gasteiger partial charge >= 0.3 is 0 Å². The minimum absolute atomic E-state index is 0.228. The number of para-hydroxylation sites is 1. The summed E-state index contributed by atoms with van der Waals surface area (Å²) in [5.41, 5.74) is 4.66. The van der Waals surface area contributed by atoms with Gasteiger partial charge in [0.15, 0.2) is 5.11 Å². The number of nitrogens with one attached hydrogen (secondary N) is 2. The van der Waals surface area contributed by atoms with Crippen LogP contribution in [0.1, 0.15) is 15.9 Å². The molecule has 6 nitrogen and oxygen atoms in total. The molecule has 28 heavy (non-hydrogen) atoms. The zero-order chi connectivity index (χ0) is 19.5. The first kappa shape index (κ1) is 17.8. The first-order valence-corrected chi connectivity index (χ1v) is 9.11. The van der Waals surface area contributed by atoms with E-state index in [9.17, 15) is 4.79 Å². The molecule has 0 radical (unpaired) electrons. The van der Waals surface area contributed by atoms with Crippen LogP contribution in [0.15, 0.2) is 72.8 Å². The van der Waals surface area contributed by atoms with E-state index >= 15 is 0 Å². The molecule has 0 aliphatic carbocycles. The molecule has 0 unspecified atom stereocenters. The second-order valence-corrected chi connectivity index (χ2v) is 6.66. The van der Waals surface area contributed by atoms with Crippen molar-refractivity contribution in [2.45, 2.75) is 6.92 Å². The molecule has 1 aromatic heterocycles. The number of aromatic nitrogens is 3. The van der Waals surface area contributed by atoms with Crippen molar-refractivity contribution in [2.24, 2.45) is 0 Å². The van der Waals surface area contributed by atoms with Crippen LogP contribution in [0.5, 0.6) is 0 Å². The lowest BCUT2D eigenvalue weighted by molar-refractivity contribution is 0.0977. The number of rotatable bonds is 3. The number of aryl methyl sites for hydroxylation is 1. The van der Waals surface area contributed by atoms with Crippen molar-refractivity contribution >= 4 is 40.0 Å². The van der Waals surface area contributed by atoms with Gasteiger partial charge in [0, 0.05) is 11.3 Å². The van der Waals surface area contributed by atoms with Crippen LogP contribution in [-0.4, -0.2) is 26.0 Å². The Morgan fingerprint density at radius 2 is 1.54 bits per heavy atom. The van der Waals surface area contributed by atoms with Crippen LogP contribution in [0, 0.1) is 6.92 Å². The van der Waals surface area contributed by atoms with Crippen LogP contribution < -0.4 is 10.6 Å². The fourth-order valence-electron chi connectivity index (χ4n) is 2.80. The molecule has 7 heteroatoms. The van der Waals surface area contributed by atoms with E-state index in [0.717, 1.165) is 28.0 Å². The van der Waals surface area contributed by atoms with Crippen molar-refractivity contribution in [3.63, 3.8) is 0 Å². The van der Waals surface area contributed by atoms with Crippen molar-refractivity contribution in [2.75, 3.05) is 5.32 Å². The molecule has 2 N–H and O–H groups in total. The molecule has 1 amide bonds. The van der Waals surface area contributed by atoms with E-state index in [0.29, 0.717) is 5.56 Å². The van der Waals surface area contributed by atoms with Crippen molar-refractivity contribution in [3.8, 4) is 5.69 Å². The summed E-state index contributed by atoms with van der Waals surface area (Å²) in [6.07, 6.45) is 0. The molecule has 4 aromatic rings. The van der Waals surface area contributed by atoms with Crippen LogP contribution in [0.3, 0.4) is 0 Å². The molecule has 0 bridgehead atoms. The van der Waals surface area contributed by atoms with Gasteiger partial charge in [-0.05, 0) is 61.1 Å². The number of nitrogens with zero attached hydrogens (tertiary/aromatic N) is 3. The zero-order valence-corrected chi connectivity index (χ0v) is 15.9. The normalized spacial score (nSPS) is 10.6. The molecular formula is C21H17N5OS. The lowest BCUT2D eigenvalue weighted by Gasteiger charge is -2.11. The van der Waals surface area contributed by atoms with Crippen LogP contribution in [0.25, 0.3) is 16.7 Å². The van der Waals surface area contributed by atoms with Gasteiger partial charge in [0.2, 0.25) is 0 Å². The topological polar surface area (TPSA) is 71.8 Å². The van der Waals surface area contributed by atoms with Gasteiger partial charge in [-0.1, -0.05) is 36.4 Å². The first-order chi connectivity index (χ1) is 13.6. The third-order valence-corrected chi connectivity index (χ3v) is 4.43. The summed E-state index contributed by atoms with van der Waals surface area (Å²) in [5, 5.41) is 15.1. The maximum atomic E-state index is 12.2. The van der Waals surface area contributed by atoms with Gasteiger partial charge in [-0.25, -0.2) is 0 Å². The second-order valence-electron chi connectivity index (χ2n) is 6.26. The predicted octanol–water partition coefficient (Wildman–Crippen LogP) is 3.86. The third kappa shape index (κ3) is 3.74. The maximum Gasteiger partial charge on any atom is 0.257 e. The quantitative estimate of drug-likeness (QED) is 0.523. The predicted molar refractivity (Wildman–Crippen MR) is 114 cm³/mol. The maximum absolute atomic E-state index is 12.2. The van der Waals surface area contributed by atoms with Crippen molar-refractivity contribution < 1.29 is 4.79 Å². The highest BCUT2D eigenvalue weighted by molar-refractivity contribution is 7.80. The van der Waals surface area contributed by atoms with E-state index in [1.165, 1.54) is 0 Å². The Bertz CT molecular complexity index is 1160. The minimum Gasteiger partial charge on any atom is -0.332 e. The Morgan fingerprint density at radius 3 is 2.21 bits per heavy atom. The van der Waals surface area contributed by atoms with E-state index in [2.05, 4.69) is 20.8 Å². The van der Waals surface area contributed by atoms with Crippen molar-refractivity contribution in [1.82, 2.24) is 20.3 Å². The highest BCUT2D eigenvalue weighted by Crippen LogP contribution is 2.22. The lowest BCUT2D eigenvalue weighted by atomic mass is 10.2. The monoisotopic (exact) mass is 387 g/mol. The Morgan fingerprint density at radius 1 is 0.929 bits per heavy atom. The number of benzene rings is 3. The van der Waals surface area contributed by atoms with E-state index in [-0.39, 0.29) is 11.0 Å². The molecule has 1 heterocycles. The minimum atomic E-state index is -0.258. The molecule has 138 valence electrons. The molecule has 0 saturated carbocycles. The molecule has 0 spiro atoms. The highest BCUT2D eigenvalue weighted by atomic mass is 32.1. The summed E-state index contributed by atoms with van der Waals surface area (Å²) in [4.78, 5) is 13.8. The number of carbonyl (C=O) groups is 1. The number of carbonyl (C=O) groups excluding carboxylic acids is 1. The third-order valence-electron chi connectivity index (χ3n) is 4.22. The lowest BCUT2D eigenvalue weighted by Crippen LogP contribution is -2.34. The van der Waals surface area contributed by atoms with Gasteiger partial charge in [0.1, 0.15) is 11.0 Å². The smallest absolute Gasteiger partial charge is 0.257 e. The number of amides is 1. The van der Waals surface area contributed by atoms with Crippen molar-refractivity contribution in [3.05, 3.63) is 83.9 Å². The fourth-order valence-corrected chi connectivity index (χ4v) is 3.00. The van der Waals surface area contributed by atoms with Crippen molar-refractivity contribution in [1.29, 1.82) is 0 Å². The van der Waals surface area contributed by atoms with Gasteiger partial charge in [-0.3, -0.25) is 10.1 Å². The van der Waals surface area contributed by atoms with Gasteiger partial charge in [-0.2, -0.15) is 4.80 Å². The van der Waals surface area contributed by atoms with E-state index in [4.69, 9.17) is 12.2 Å². The second kappa shape index (κ2) is 7.58. The molecular weight excluding hydrogens is 370 g/mol. The number of anilines is 1. The summed E-state index contributed by atoms with van der Waals surface area (Å²) in [6.45, 7) is 1.95. The van der Waals surface area contributed by atoms with Gasteiger partial charge in [0.25, 0.3) is 5.91 Å². The standard InChI is InChI=1S/C21H17N5OS/c1-14-12-18-19(25-26(24-18)16-10-6-3-7-11-16)13-17(14)22-21(28)23-20(27)15-8-4-2-5-9-15/h2-13H,1H3,(H2,22,23,27,28). The Labute approximate surface area is 167 Å². The van der Waals surface area contributed by atoms with E-state index < -0.39 is 0 Å². The highest BCUT2D eigenvalue weighted by Gasteiger charge is 2.11. The average molecular weight is 387 g/mol. The molecule has 0 atom stereocenters. The molecule has 0 aliphatic heterocycles. The van der Waals surface area contributed by atoms with E-state index in [1.54, 1.807) is 29.1 Å². The summed E-state index contributed by atoms with van der Waals surface area (Å²) >= 11 is 5.29. The van der Waals surface area contributed by atoms with Gasteiger partial charge in [-0.15, -0.1) is 10.2 Å². The molecule has 0 saturated heterocycles. The number of thiocarbonyl (C=S) groups is 1. The summed E-state index contributed by atoms with van der Waals surface area (Å²) in [6, 6.07) is 22.5. The Balaban J connectivity index is 1.54. The summed E-state index contributed by atoms with van der Waals surface area (Å²) in [5.74, 6) is -0.258. The number of hydrogen-bond acceptors (Lipinski definition) is 4. The van der Waals surface area contributed by atoms with Crippen LogP contribution in [-0.2, 0) is 0 Å². The average Bonchev–Trinajstić information content (AvgIpc) is 3.12. The van der Waals surface area contributed by atoms with Crippen LogP contribution >= 0.6 is 12.2 Å². The van der Waals surface area contributed by atoms with Gasteiger partial charge < -0.3 is 5.32 Å². The summed E-state index contributed by atoms with van der Waals surface area (Å²) < 4.78 is 0. The molecule has 0 aliphatic rings. The molecule has 4 rings (SSSR count). The number of fused-ring (bicyclic) bond motifs is 1. The van der Waals surface area contributed by atoms with Crippen LogP contribution in [0.2, 0.25) is 0 Å². The molecule has 3 aromatic carbocycles. The fraction of sp³-hybridized carbons (Fsp3) is 0.0476. The Hall–Kier alpha value is -3.58. The summed E-state index contributed by atoms with van der Waals surface area (Å²) in [7, 11) is 0. The van der Waals surface area contributed by atoms with Crippen LogP contribution in [0.4, 0.5) is 5.69 Å². The SMILES string of the molecule is Cc1cc2nn(-c3ccccc3)nc2cc1NC(=S)NC(=O)c1ccccc1. The van der Waals surface area contributed by atoms with E-state index in [1.807, 2.05) is 55.5 Å². The number of hydrogen-bond donors (Lipinski definition) is 2. The zero-order valence-electron chi connectivity index (χ0n) is 15.1. The Kier molecular flexibility index (Phi) is 4.82. The van der Waals surface area contributed by atoms with Gasteiger partial charge in [0.05, 0.1) is 5.69 Å². The molecule has 0 fully saturated rings. The largest absolute Gasteiger partial charge is 0.332 e. The first-order valence-electron chi connectivity index (χ1n) is 8.71.